The van der Waals surface area contributed by atoms with Crippen LogP contribution in [0.3, 0.4) is 0 Å². The summed E-state index contributed by atoms with van der Waals surface area (Å²) in [4.78, 5) is 30.8. The van der Waals surface area contributed by atoms with Crippen molar-refractivity contribution in [1.82, 2.24) is 0 Å². The Kier molecular flexibility index (Phi) is 40.0. The molecule has 6 aromatic rings. The van der Waals surface area contributed by atoms with Gasteiger partial charge in [-0.3, -0.25) is 0 Å². The number of aliphatic hydroxyl groups excluding tert-OH is 6. The van der Waals surface area contributed by atoms with E-state index in [0.717, 1.165) is 16.7 Å². The van der Waals surface area contributed by atoms with E-state index in [4.69, 9.17) is 142 Å². The number of carbonyl (C=O) groups excluding carboxylic acids is 2. The summed E-state index contributed by atoms with van der Waals surface area (Å²) in [5.41, 5.74) is 4.34. The summed E-state index contributed by atoms with van der Waals surface area (Å²) in [5.74, 6) is -2.02. The van der Waals surface area contributed by atoms with Gasteiger partial charge in [-0.2, -0.15) is 0 Å². The summed E-state index contributed by atoms with van der Waals surface area (Å²) in [6.45, 7) is -3.57. The molecule has 38 nitrogen and oxygen atoms in total. The van der Waals surface area contributed by atoms with Crippen LogP contribution in [-0.4, -0.2) is 369 Å². The van der Waals surface area contributed by atoms with Gasteiger partial charge in [-0.05, 0) is 33.4 Å². The minimum atomic E-state index is -1.92. The third kappa shape index (κ3) is 25.1. The van der Waals surface area contributed by atoms with Gasteiger partial charge >= 0.3 is 11.9 Å². The van der Waals surface area contributed by atoms with Crippen molar-refractivity contribution in [3.8, 4) is 0 Å². The van der Waals surface area contributed by atoms with Gasteiger partial charge in [0, 0.05) is 78.2 Å². The minimum absolute atomic E-state index is 0.0519. The molecular weight excluding hydrogens is 1750 g/mol. The minimum Gasteiger partial charge on any atom is -0.459 e. The average molecular weight is 1880 g/mol. The van der Waals surface area contributed by atoms with E-state index in [1.807, 2.05) is 97.1 Å². The number of aliphatic hydroxyl groups is 6. The van der Waals surface area contributed by atoms with Gasteiger partial charge in [0.05, 0.1) is 59.5 Å². The molecule has 0 radical (unpaired) electrons. The second kappa shape index (κ2) is 51.5. The smallest absolute Gasteiger partial charge is 0.338 e. The van der Waals surface area contributed by atoms with Gasteiger partial charge in [-0.25, -0.2) is 9.59 Å². The highest BCUT2D eigenvalue weighted by atomic mass is 16.8. The van der Waals surface area contributed by atoms with Crippen LogP contribution < -0.4 is 0 Å². The number of rotatable bonds is 46. The normalized spacial score (nSPS) is 36.0. The maximum absolute atomic E-state index is 15.5. The van der Waals surface area contributed by atoms with Crippen LogP contribution in [0.5, 0.6) is 0 Å². The first-order chi connectivity index (χ1) is 65.0. The Hall–Kier alpha value is -7.10. The lowest BCUT2D eigenvalue weighted by molar-refractivity contribution is -0.400. The summed E-state index contributed by atoms with van der Waals surface area (Å²) in [6.07, 6.45) is -49.3. The molecule has 38 heteroatoms. The van der Waals surface area contributed by atoms with Gasteiger partial charge in [-0.1, -0.05) is 182 Å². The van der Waals surface area contributed by atoms with Gasteiger partial charge in [0.25, 0.3) is 0 Å². The van der Waals surface area contributed by atoms with E-state index < -0.39 is 253 Å². The van der Waals surface area contributed by atoms with Crippen molar-refractivity contribution in [1.29, 1.82) is 0 Å². The van der Waals surface area contributed by atoms with E-state index in [1.165, 1.54) is 78.2 Å². The summed E-state index contributed by atoms with van der Waals surface area (Å²) < 4.78 is 194. The summed E-state index contributed by atoms with van der Waals surface area (Å²) >= 11 is 0. The lowest BCUT2D eigenvalue weighted by atomic mass is 9.94. The number of carbonyl (C=O) groups is 2. The predicted octanol–water partition coefficient (Wildman–Crippen LogP) is 3.32. The third-order valence-electron chi connectivity index (χ3n) is 24.6. The summed E-state index contributed by atoms with van der Waals surface area (Å²) in [7, 11) is 14.9. The number of benzene rings is 6. The van der Waals surface area contributed by atoms with Crippen molar-refractivity contribution in [2.24, 2.45) is 0 Å². The highest BCUT2D eigenvalue weighted by Crippen LogP contribution is 2.43. The fraction of sp³-hybridized carbons (Fsp3) is 0.600. The van der Waals surface area contributed by atoms with E-state index in [0.29, 0.717) is 16.7 Å². The largest absolute Gasteiger partial charge is 0.459 e. The predicted molar refractivity (Wildman–Crippen MR) is 459 cm³/mol. The van der Waals surface area contributed by atoms with Gasteiger partial charge < -0.3 is 173 Å². The molecule has 14 unspecified atom stereocenters. The number of methoxy groups -OCH3 is 11. The van der Waals surface area contributed by atoms with Crippen LogP contribution in [0.15, 0.2) is 182 Å². The van der Waals surface area contributed by atoms with Crippen LogP contribution in [0.4, 0.5) is 0 Å². The first-order valence-corrected chi connectivity index (χ1v) is 44.1. The van der Waals surface area contributed by atoms with E-state index in [1.54, 1.807) is 84.9 Å². The van der Waals surface area contributed by atoms with Crippen molar-refractivity contribution in [2.75, 3.05) is 111 Å². The Bertz CT molecular complexity index is 4310. The molecule has 0 aromatic heterocycles. The standard InChI is InChI=1S/C95H126O38/c1-104-70-64(100)59(42-96)121-91(81(70)109-6)127-67-61(44-98)123-92(82(110-7)72(67)105-2)128-68-62(45-99)124-93(83(111-8)73(68)106-3)131-78-75(108-5)84(112-9)94(132-80(78)88(103)120-51-58-40-28-17-29-41-58)126-66-60(43-97)122-90(71(65(66)101)116-47-54-32-20-13-21-33-54)130-77-74(107-4)85(113-10)95(133-79(77)87(102)119-50-57-38-26-16-27-39-57)129-69-63(52-115-46-53-30-18-12-19-31-53)125-89(114-11)86(118-49-56-36-24-15-25-37-56)76(69)117-48-55-34-22-14-23-35-55/h12-41,59-86,89-101H,42-52H2,1-11H3/t59?,60-,61?,62?,63?,64+,65?,66+,67+,68+,69+,70-,71?,72-,73-,74?,75-,76-,77-,78-,79+,80?,81?,82?,83?,84?,85?,86?,89-,90+,91+,92+,93+,94+,95-/m0/s1. The van der Waals surface area contributed by atoms with Crippen molar-refractivity contribution >= 4 is 11.9 Å². The van der Waals surface area contributed by atoms with Crippen molar-refractivity contribution < 1.29 is 182 Å². The molecule has 0 aliphatic carbocycles. The third-order valence-corrected chi connectivity index (χ3v) is 24.6. The molecule has 0 spiro atoms. The molecule has 7 saturated heterocycles. The van der Waals surface area contributed by atoms with Crippen LogP contribution >= 0.6 is 0 Å². The SMILES string of the molecule is COC1C(OC)[C@H](O[C@H]2O[C@@H](CO)[C@@H](O[C@@H]3OC(C(=O)OCc4ccccc4)[C@@H](O[C@H]4OC(CO)[C@@H](O[C@H]5OC(CO)[C@@H](O[C@H]6OC(CO)[C@@H](O)[C@H](OC)C6OC)[C@H](OC)C5OC)[C@H](OC)C4OC)[C@H](OC)C3OC)C(O)C2OCc2ccccc2)[C@H](C(=O)OCc2ccccc2)O[C@@H]1O[C@@H]1C(COCc2ccccc2)O[C@H](OC)C(OCc2ccccc2)[C@H]1OCc1ccccc1. The van der Waals surface area contributed by atoms with Crippen molar-refractivity contribution in [2.45, 2.75) is 255 Å². The van der Waals surface area contributed by atoms with Crippen LogP contribution in [0, 0.1) is 0 Å². The average Bonchev–Trinajstić information content (AvgIpc) is 0.760. The fourth-order valence-corrected chi connectivity index (χ4v) is 17.8. The maximum atomic E-state index is 15.5. The van der Waals surface area contributed by atoms with E-state index in [2.05, 4.69) is 0 Å². The molecule has 6 aromatic carbocycles. The quantitative estimate of drug-likeness (QED) is 0.0298. The van der Waals surface area contributed by atoms with Crippen LogP contribution in [0.25, 0.3) is 0 Å². The molecule has 0 amide bonds. The zero-order valence-corrected chi connectivity index (χ0v) is 76.1. The van der Waals surface area contributed by atoms with Gasteiger partial charge in [0.15, 0.2) is 56.2 Å². The second-order valence-corrected chi connectivity index (χ2v) is 32.6. The fourth-order valence-electron chi connectivity index (χ4n) is 17.8. The van der Waals surface area contributed by atoms with Gasteiger partial charge in [0.1, 0.15) is 172 Å². The first kappa shape index (κ1) is 103. The Balaban J connectivity index is 0.793. The maximum Gasteiger partial charge on any atom is 0.338 e. The van der Waals surface area contributed by atoms with Crippen molar-refractivity contribution in [3.05, 3.63) is 215 Å². The highest BCUT2D eigenvalue weighted by Gasteiger charge is 2.63. The Morgan fingerprint density at radius 2 is 0.504 bits per heavy atom. The molecule has 7 aliphatic heterocycles. The van der Waals surface area contributed by atoms with Crippen LogP contribution in [-0.2, 0) is 191 Å². The molecule has 13 rings (SSSR count). The molecule has 133 heavy (non-hydrogen) atoms. The zero-order chi connectivity index (χ0) is 94.0. The van der Waals surface area contributed by atoms with Gasteiger partial charge in [0.2, 0.25) is 0 Å². The topological polar surface area (TPSA) is 432 Å². The molecule has 35 atom stereocenters. The molecular formula is C95H126O38. The molecule has 734 valence electrons. The summed E-state index contributed by atoms with van der Waals surface area (Å²) in [6, 6.07) is 55.2. The number of ether oxygens (including phenoxy) is 30. The van der Waals surface area contributed by atoms with Gasteiger partial charge in [-0.15, -0.1) is 0 Å². The monoisotopic (exact) mass is 1870 g/mol. The summed E-state index contributed by atoms with van der Waals surface area (Å²) in [5, 5.41) is 68.8. The number of hydrogen-bond acceptors (Lipinski definition) is 38. The van der Waals surface area contributed by atoms with Crippen molar-refractivity contribution in [3.63, 3.8) is 0 Å². The molecule has 0 bridgehead atoms. The molecule has 7 heterocycles. The Labute approximate surface area is 772 Å². The second-order valence-electron chi connectivity index (χ2n) is 32.6. The number of esters is 2. The molecule has 6 N–H and O–H groups in total. The Morgan fingerprint density at radius 3 is 0.850 bits per heavy atom. The van der Waals surface area contributed by atoms with E-state index >= 15 is 9.59 Å². The van der Waals surface area contributed by atoms with E-state index in [-0.39, 0.29) is 46.2 Å². The first-order valence-electron chi connectivity index (χ1n) is 44.1. The van der Waals surface area contributed by atoms with E-state index in [9.17, 15) is 30.6 Å². The number of hydrogen-bond donors (Lipinski definition) is 6. The Morgan fingerprint density at radius 1 is 0.241 bits per heavy atom. The molecule has 7 fully saturated rings. The lowest BCUT2D eigenvalue weighted by Gasteiger charge is -2.52. The molecule has 0 saturated carbocycles. The lowest BCUT2D eigenvalue weighted by Crippen LogP contribution is -2.70. The molecule has 7 aliphatic rings. The highest BCUT2D eigenvalue weighted by molar-refractivity contribution is 5.76. The van der Waals surface area contributed by atoms with Crippen LogP contribution in [0.2, 0.25) is 0 Å². The zero-order valence-electron chi connectivity index (χ0n) is 76.1. The van der Waals surface area contributed by atoms with Crippen LogP contribution in [0.1, 0.15) is 33.4 Å².